The topological polar surface area (TPSA) is 0 Å². The van der Waals surface area contributed by atoms with Gasteiger partial charge in [-0.15, -0.1) is 0 Å². The zero-order valence-electron chi connectivity index (χ0n) is 9.32. The summed E-state index contributed by atoms with van der Waals surface area (Å²) in [5.74, 6) is 0.910. The van der Waals surface area contributed by atoms with Crippen LogP contribution in [0.1, 0.15) is 59.8 Å². The Hall–Kier alpha value is 0. The second-order valence-corrected chi connectivity index (χ2v) is 4.81. The summed E-state index contributed by atoms with van der Waals surface area (Å²) in [6.07, 6.45) is 6.69. The number of hydrogen-bond acceptors (Lipinski definition) is 0. The molecule has 0 N–H and O–H groups in total. The summed E-state index contributed by atoms with van der Waals surface area (Å²) in [5, 5.41) is 0. The predicted molar refractivity (Wildman–Crippen MR) is 57.1 cm³/mol. The highest BCUT2D eigenvalue weighted by atomic mass is 14.2. The van der Waals surface area contributed by atoms with Crippen LogP contribution in [0.15, 0.2) is 0 Å². The summed E-state index contributed by atoms with van der Waals surface area (Å²) >= 11 is 0. The largest absolute Gasteiger partial charge is 0.0654 e. The highest BCUT2D eigenvalue weighted by molar-refractivity contribution is 4.75. The molecule has 0 fully saturated rings. The Kier molecular flexibility index (Phi) is 5.61. The van der Waals surface area contributed by atoms with Gasteiger partial charge in [0.15, 0.2) is 0 Å². The zero-order chi connectivity index (χ0) is 9.61. The number of hydrogen-bond donors (Lipinski definition) is 0. The van der Waals surface area contributed by atoms with Crippen molar-refractivity contribution in [1.82, 2.24) is 0 Å². The second-order valence-electron chi connectivity index (χ2n) is 4.81. The van der Waals surface area contributed by atoms with Gasteiger partial charge in [0, 0.05) is 0 Å². The maximum Gasteiger partial charge on any atom is -0.0351 e. The molecule has 0 aliphatic rings. The lowest BCUT2D eigenvalue weighted by Crippen LogP contribution is -2.13. The van der Waals surface area contributed by atoms with Gasteiger partial charge in [-0.05, 0) is 24.7 Å². The van der Waals surface area contributed by atoms with Crippen molar-refractivity contribution in [1.29, 1.82) is 0 Å². The lowest BCUT2D eigenvalue weighted by molar-refractivity contribution is 0.296. The monoisotopic (exact) mass is 169 g/mol. The van der Waals surface area contributed by atoms with Gasteiger partial charge in [0.25, 0.3) is 0 Å². The Balaban J connectivity index is 3.77. The highest BCUT2D eigenvalue weighted by Crippen LogP contribution is 2.29. The molecule has 0 aromatic carbocycles. The molecule has 0 heteroatoms. The summed E-state index contributed by atoms with van der Waals surface area (Å²) in [4.78, 5) is 0. The van der Waals surface area contributed by atoms with Gasteiger partial charge in [-0.25, -0.2) is 0 Å². The van der Waals surface area contributed by atoms with E-state index < -0.39 is 0 Å². The standard InChI is InChI=1S/C12H25/c1-6-8-11(9-7-2)10-12(3,4)5/h11H,3,6-10H2,1-2,4-5H3. The SMILES string of the molecule is [CH2]C(C)(C)CC(CCC)CCC. The molecule has 0 spiro atoms. The fourth-order valence-corrected chi connectivity index (χ4v) is 1.95. The van der Waals surface area contributed by atoms with Crippen molar-refractivity contribution in [3.05, 3.63) is 6.92 Å². The van der Waals surface area contributed by atoms with E-state index in [1.54, 1.807) is 0 Å². The molecule has 0 rings (SSSR count). The van der Waals surface area contributed by atoms with Crippen molar-refractivity contribution < 1.29 is 0 Å². The normalized spacial score (nSPS) is 12.5. The fraction of sp³-hybridized carbons (Fsp3) is 0.917. The Labute approximate surface area is 78.8 Å². The van der Waals surface area contributed by atoms with E-state index in [0.29, 0.717) is 0 Å². The quantitative estimate of drug-likeness (QED) is 0.551. The van der Waals surface area contributed by atoms with Gasteiger partial charge in [-0.1, -0.05) is 53.4 Å². The van der Waals surface area contributed by atoms with Crippen LogP contribution in [0.4, 0.5) is 0 Å². The molecule has 73 valence electrons. The van der Waals surface area contributed by atoms with Gasteiger partial charge in [0.2, 0.25) is 0 Å². The van der Waals surface area contributed by atoms with Crippen molar-refractivity contribution in [2.75, 3.05) is 0 Å². The summed E-state index contributed by atoms with van der Waals surface area (Å²) in [6, 6.07) is 0. The van der Waals surface area contributed by atoms with E-state index >= 15 is 0 Å². The van der Waals surface area contributed by atoms with Crippen LogP contribution in [0.5, 0.6) is 0 Å². The third-order valence-corrected chi connectivity index (χ3v) is 2.24. The molecule has 0 amide bonds. The van der Waals surface area contributed by atoms with Crippen LogP contribution >= 0.6 is 0 Å². The molecule has 0 saturated carbocycles. The third-order valence-electron chi connectivity index (χ3n) is 2.24. The van der Waals surface area contributed by atoms with Crippen LogP contribution in [0, 0.1) is 18.3 Å². The highest BCUT2D eigenvalue weighted by Gasteiger charge is 2.17. The molecule has 0 aliphatic heterocycles. The summed E-state index contributed by atoms with van der Waals surface area (Å²) in [6.45, 7) is 13.2. The van der Waals surface area contributed by atoms with E-state index in [9.17, 15) is 0 Å². The first-order valence-electron chi connectivity index (χ1n) is 5.35. The lowest BCUT2D eigenvalue weighted by atomic mass is 9.81. The first kappa shape index (κ1) is 12.0. The fourth-order valence-electron chi connectivity index (χ4n) is 1.95. The van der Waals surface area contributed by atoms with Crippen LogP contribution in [-0.4, -0.2) is 0 Å². The molecule has 0 aliphatic carbocycles. The van der Waals surface area contributed by atoms with Crippen LogP contribution < -0.4 is 0 Å². The van der Waals surface area contributed by atoms with E-state index in [1.165, 1.54) is 32.1 Å². The smallest absolute Gasteiger partial charge is 0.0351 e. The Morgan fingerprint density at radius 3 is 1.75 bits per heavy atom. The van der Waals surface area contributed by atoms with Crippen LogP contribution in [0.3, 0.4) is 0 Å². The van der Waals surface area contributed by atoms with E-state index in [2.05, 4.69) is 34.6 Å². The molecule has 0 unspecified atom stereocenters. The van der Waals surface area contributed by atoms with Gasteiger partial charge >= 0.3 is 0 Å². The first-order valence-corrected chi connectivity index (χ1v) is 5.35. The van der Waals surface area contributed by atoms with Gasteiger partial charge in [-0.3, -0.25) is 0 Å². The molecule has 0 aromatic heterocycles. The minimum absolute atomic E-state index is 0.273. The Morgan fingerprint density at radius 2 is 1.50 bits per heavy atom. The Morgan fingerprint density at radius 1 is 1.08 bits per heavy atom. The van der Waals surface area contributed by atoms with Crippen molar-refractivity contribution in [3.8, 4) is 0 Å². The minimum Gasteiger partial charge on any atom is -0.0654 e. The molecular weight excluding hydrogens is 144 g/mol. The molecule has 0 heterocycles. The summed E-state index contributed by atoms with van der Waals surface area (Å²) in [5.41, 5.74) is 0.273. The molecule has 0 saturated heterocycles. The second kappa shape index (κ2) is 5.61. The van der Waals surface area contributed by atoms with Crippen LogP contribution in [-0.2, 0) is 0 Å². The van der Waals surface area contributed by atoms with Gasteiger partial charge in [0.1, 0.15) is 0 Å². The van der Waals surface area contributed by atoms with Gasteiger partial charge < -0.3 is 0 Å². The molecule has 0 bridgehead atoms. The lowest BCUT2D eigenvalue weighted by Gasteiger charge is -2.25. The summed E-state index contributed by atoms with van der Waals surface area (Å²) in [7, 11) is 0. The maximum absolute atomic E-state index is 4.17. The van der Waals surface area contributed by atoms with Crippen molar-refractivity contribution >= 4 is 0 Å². The van der Waals surface area contributed by atoms with Crippen molar-refractivity contribution in [2.45, 2.75) is 59.8 Å². The van der Waals surface area contributed by atoms with Gasteiger partial charge in [-0.2, -0.15) is 0 Å². The van der Waals surface area contributed by atoms with E-state index in [-0.39, 0.29) is 5.41 Å². The third kappa shape index (κ3) is 6.69. The van der Waals surface area contributed by atoms with Crippen LogP contribution in [0.2, 0.25) is 0 Å². The minimum atomic E-state index is 0.273. The zero-order valence-corrected chi connectivity index (χ0v) is 9.32. The molecule has 0 aromatic rings. The van der Waals surface area contributed by atoms with E-state index in [0.717, 1.165) is 5.92 Å². The maximum atomic E-state index is 4.17. The van der Waals surface area contributed by atoms with Crippen molar-refractivity contribution in [3.63, 3.8) is 0 Å². The predicted octanol–water partition coefficient (Wildman–Crippen LogP) is 4.45. The van der Waals surface area contributed by atoms with Crippen molar-refractivity contribution in [2.24, 2.45) is 11.3 Å². The van der Waals surface area contributed by atoms with E-state index in [4.69, 9.17) is 0 Å². The molecule has 0 atom stereocenters. The van der Waals surface area contributed by atoms with Gasteiger partial charge in [0.05, 0.1) is 0 Å². The molecular formula is C12H25. The Bertz CT molecular complexity index is 91.1. The average Bonchev–Trinajstić information content (AvgIpc) is 1.84. The average molecular weight is 169 g/mol. The first-order chi connectivity index (χ1) is 5.49. The van der Waals surface area contributed by atoms with Crippen LogP contribution in [0.25, 0.3) is 0 Å². The molecule has 0 nitrogen and oxygen atoms in total. The molecule has 1 radical (unpaired) electrons. The summed E-state index contributed by atoms with van der Waals surface area (Å²) < 4.78 is 0. The molecule has 12 heavy (non-hydrogen) atoms. The van der Waals surface area contributed by atoms with E-state index in [1.807, 2.05) is 0 Å². The number of rotatable bonds is 6.